The van der Waals surface area contributed by atoms with Gasteiger partial charge < -0.3 is 9.45 Å². The molecule has 58 valence electrons. The molecule has 0 aromatic heterocycles. The van der Waals surface area contributed by atoms with Gasteiger partial charge in [0, 0.05) is 13.1 Å². The second-order valence-electron chi connectivity index (χ2n) is 2.45. The van der Waals surface area contributed by atoms with Gasteiger partial charge in [-0.15, -0.1) is 0 Å². The number of nitrogens with zero attached hydrogens (tertiary/aromatic N) is 1. The lowest BCUT2D eigenvalue weighted by atomic mass is 10.2. The van der Waals surface area contributed by atoms with Crippen LogP contribution in [0, 0.1) is 0 Å². The molecule has 4 heteroatoms. The molecule has 10 heavy (non-hydrogen) atoms. The molecule has 0 N–H and O–H groups in total. The van der Waals surface area contributed by atoms with Crippen molar-refractivity contribution in [2.75, 3.05) is 25.1 Å². The maximum atomic E-state index is 11.0. The van der Waals surface area contributed by atoms with E-state index in [1.807, 2.05) is 0 Å². The van der Waals surface area contributed by atoms with Gasteiger partial charge in [0.2, 0.25) is 0 Å². The first-order valence-corrected chi connectivity index (χ1v) is 5.00. The van der Waals surface area contributed by atoms with E-state index in [2.05, 4.69) is 0 Å². The minimum Gasteiger partial charge on any atom is -0.616 e. The standard InChI is InChI=1S/C6H11NO2S/c1-10(9)5-6(8)7-3-2-4-7/h2-5H2,1H3. The summed E-state index contributed by atoms with van der Waals surface area (Å²) in [5.74, 6) is 0.229. The van der Waals surface area contributed by atoms with Crippen molar-refractivity contribution < 1.29 is 9.35 Å². The average Bonchev–Trinajstić information content (AvgIpc) is 1.55. The van der Waals surface area contributed by atoms with Crippen LogP contribution < -0.4 is 0 Å². The van der Waals surface area contributed by atoms with Crippen LogP contribution in [0.4, 0.5) is 0 Å². The summed E-state index contributed by atoms with van der Waals surface area (Å²) in [4.78, 5) is 12.7. The third-order valence-corrected chi connectivity index (χ3v) is 2.19. The topological polar surface area (TPSA) is 43.4 Å². The van der Waals surface area contributed by atoms with Crippen LogP contribution >= 0.6 is 0 Å². The Kier molecular flexibility index (Phi) is 2.56. The lowest BCUT2D eigenvalue weighted by Gasteiger charge is -2.30. The molecule has 1 atom stereocenters. The van der Waals surface area contributed by atoms with Crippen molar-refractivity contribution in [3.8, 4) is 0 Å². The van der Waals surface area contributed by atoms with E-state index < -0.39 is 11.2 Å². The van der Waals surface area contributed by atoms with Crippen molar-refractivity contribution in [2.45, 2.75) is 6.42 Å². The minimum absolute atomic E-state index is 0.0343. The largest absolute Gasteiger partial charge is 0.616 e. The molecule has 1 rings (SSSR count). The molecule has 0 radical (unpaired) electrons. The summed E-state index contributed by atoms with van der Waals surface area (Å²) in [6.07, 6.45) is 2.65. The number of carbonyl (C=O) groups is 1. The van der Waals surface area contributed by atoms with E-state index in [1.54, 1.807) is 11.2 Å². The smallest absolute Gasteiger partial charge is 0.272 e. The normalized spacial score (nSPS) is 20.0. The van der Waals surface area contributed by atoms with Crippen molar-refractivity contribution >= 4 is 17.1 Å². The SMILES string of the molecule is C[S+]([O-])CC(=O)N1CCC1. The lowest BCUT2D eigenvalue weighted by Crippen LogP contribution is -2.44. The third-order valence-electron chi connectivity index (χ3n) is 1.54. The Bertz CT molecular complexity index is 134. The predicted octanol–water partition coefficient (Wildman–Crippen LogP) is -0.403. The molecule has 1 fully saturated rings. The highest BCUT2D eigenvalue weighted by molar-refractivity contribution is 7.91. The van der Waals surface area contributed by atoms with Crippen molar-refractivity contribution in [3.63, 3.8) is 0 Å². The molecule has 1 aliphatic heterocycles. The molecule has 3 nitrogen and oxygen atoms in total. The number of carbonyl (C=O) groups excluding carboxylic acids is 1. The first kappa shape index (κ1) is 7.88. The van der Waals surface area contributed by atoms with Gasteiger partial charge in [-0.25, -0.2) is 0 Å². The molecule has 1 amide bonds. The zero-order valence-corrected chi connectivity index (χ0v) is 6.82. The van der Waals surface area contributed by atoms with E-state index >= 15 is 0 Å². The Morgan fingerprint density at radius 3 is 2.60 bits per heavy atom. The van der Waals surface area contributed by atoms with Crippen LogP contribution in [-0.4, -0.2) is 40.5 Å². The van der Waals surface area contributed by atoms with E-state index in [-0.39, 0.29) is 11.7 Å². The number of likely N-dealkylation sites (tertiary alicyclic amines) is 1. The minimum atomic E-state index is -0.975. The summed E-state index contributed by atoms with van der Waals surface area (Å²) < 4.78 is 10.6. The van der Waals surface area contributed by atoms with E-state index in [0.717, 1.165) is 19.5 Å². The summed E-state index contributed by atoms with van der Waals surface area (Å²) in [7, 11) is 0. The van der Waals surface area contributed by atoms with Crippen LogP contribution in [0.5, 0.6) is 0 Å². The first-order valence-electron chi connectivity index (χ1n) is 3.28. The van der Waals surface area contributed by atoms with Gasteiger partial charge in [0.25, 0.3) is 5.91 Å². The number of rotatable bonds is 2. The zero-order chi connectivity index (χ0) is 7.56. The van der Waals surface area contributed by atoms with Crippen molar-refractivity contribution in [3.05, 3.63) is 0 Å². The number of amides is 1. The van der Waals surface area contributed by atoms with Crippen LogP contribution in [0.2, 0.25) is 0 Å². The molecule has 0 bridgehead atoms. The van der Waals surface area contributed by atoms with Crippen molar-refractivity contribution in [2.24, 2.45) is 0 Å². The van der Waals surface area contributed by atoms with Gasteiger partial charge in [0.1, 0.15) is 0 Å². The number of hydrogen-bond donors (Lipinski definition) is 0. The lowest BCUT2D eigenvalue weighted by molar-refractivity contribution is -0.131. The fourth-order valence-corrected chi connectivity index (χ4v) is 1.36. The molecule has 1 aliphatic rings. The Morgan fingerprint density at radius 1 is 1.70 bits per heavy atom. The summed E-state index contributed by atoms with van der Waals surface area (Å²) in [5, 5.41) is 0. The van der Waals surface area contributed by atoms with Gasteiger partial charge >= 0.3 is 0 Å². The third kappa shape index (κ3) is 1.88. The summed E-state index contributed by atoms with van der Waals surface area (Å²) in [6.45, 7) is 1.71. The maximum absolute atomic E-state index is 11.0. The highest BCUT2D eigenvalue weighted by Crippen LogP contribution is 2.06. The Labute approximate surface area is 63.6 Å². The van der Waals surface area contributed by atoms with Gasteiger partial charge in [-0.2, -0.15) is 0 Å². The van der Waals surface area contributed by atoms with Gasteiger partial charge in [-0.1, -0.05) is 0 Å². The molecule has 0 spiro atoms. The highest BCUT2D eigenvalue weighted by Gasteiger charge is 2.22. The van der Waals surface area contributed by atoms with Crippen LogP contribution in [0.3, 0.4) is 0 Å². The second kappa shape index (κ2) is 3.25. The van der Waals surface area contributed by atoms with Crippen molar-refractivity contribution in [1.29, 1.82) is 0 Å². The molecule has 1 heterocycles. The molecule has 0 aromatic carbocycles. The number of hydrogen-bond acceptors (Lipinski definition) is 2. The van der Waals surface area contributed by atoms with Gasteiger partial charge in [-0.05, 0) is 17.6 Å². The quantitative estimate of drug-likeness (QED) is 0.517. The molecule has 1 saturated heterocycles. The van der Waals surface area contributed by atoms with Gasteiger partial charge in [-0.3, -0.25) is 4.79 Å². The summed E-state index contributed by atoms with van der Waals surface area (Å²) >= 11 is -0.975. The van der Waals surface area contributed by atoms with Gasteiger partial charge in [0.05, 0.1) is 6.26 Å². The van der Waals surface area contributed by atoms with Crippen LogP contribution in [0.15, 0.2) is 0 Å². The van der Waals surface area contributed by atoms with E-state index in [0.29, 0.717) is 0 Å². The summed E-state index contributed by atoms with van der Waals surface area (Å²) in [5.41, 5.74) is 0. The van der Waals surface area contributed by atoms with Crippen LogP contribution in [0.1, 0.15) is 6.42 Å². The first-order chi connectivity index (χ1) is 4.70. The Hall–Kier alpha value is -0.220. The van der Waals surface area contributed by atoms with Crippen LogP contribution in [-0.2, 0) is 16.0 Å². The predicted molar refractivity (Wildman–Crippen MR) is 40.1 cm³/mol. The maximum Gasteiger partial charge on any atom is 0.272 e. The van der Waals surface area contributed by atoms with Crippen LogP contribution in [0.25, 0.3) is 0 Å². The summed E-state index contributed by atoms with van der Waals surface area (Å²) in [6, 6.07) is 0. The monoisotopic (exact) mass is 161 g/mol. The molecular weight excluding hydrogens is 150 g/mol. The molecule has 0 aromatic rings. The van der Waals surface area contributed by atoms with E-state index in [1.165, 1.54) is 0 Å². The van der Waals surface area contributed by atoms with E-state index in [9.17, 15) is 9.35 Å². The second-order valence-corrected chi connectivity index (χ2v) is 3.89. The Balaban J connectivity index is 2.20. The van der Waals surface area contributed by atoms with Gasteiger partial charge in [0.15, 0.2) is 5.75 Å². The molecule has 1 unspecified atom stereocenters. The van der Waals surface area contributed by atoms with Crippen molar-refractivity contribution in [1.82, 2.24) is 4.90 Å². The zero-order valence-electron chi connectivity index (χ0n) is 6.00. The molecule has 0 aliphatic carbocycles. The van der Waals surface area contributed by atoms with E-state index in [4.69, 9.17) is 0 Å². The fraction of sp³-hybridized carbons (Fsp3) is 0.833. The highest BCUT2D eigenvalue weighted by atomic mass is 32.2. The molecule has 0 saturated carbocycles. The average molecular weight is 161 g/mol. The molecular formula is C6H11NO2S. The fourth-order valence-electron chi connectivity index (χ4n) is 0.831. The Morgan fingerprint density at radius 2 is 2.30 bits per heavy atom.